The van der Waals surface area contributed by atoms with Crippen molar-refractivity contribution >= 4 is 11.6 Å². The molecule has 1 aliphatic carbocycles. The highest BCUT2D eigenvalue weighted by Crippen LogP contribution is 2.45. The fourth-order valence-electron chi connectivity index (χ4n) is 6.51. The van der Waals surface area contributed by atoms with E-state index in [9.17, 15) is 18.0 Å². The van der Waals surface area contributed by atoms with Gasteiger partial charge in [-0.3, -0.25) is 14.6 Å². The van der Waals surface area contributed by atoms with Gasteiger partial charge in [0.05, 0.1) is 26.0 Å². The van der Waals surface area contributed by atoms with E-state index >= 15 is 0 Å². The summed E-state index contributed by atoms with van der Waals surface area (Å²) in [6, 6.07) is 6.04. The number of carbonyl (C=O) groups excluding carboxylic acids is 1. The first-order valence-electron chi connectivity index (χ1n) is 15.0. The number of ether oxygens (including phenoxy) is 1. The van der Waals surface area contributed by atoms with E-state index < -0.39 is 23.6 Å². The Hall–Kier alpha value is -1.98. The highest BCUT2D eigenvalue weighted by molar-refractivity contribution is 5.93. The van der Waals surface area contributed by atoms with Crippen molar-refractivity contribution in [3.05, 3.63) is 42.5 Å². The zero-order valence-electron chi connectivity index (χ0n) is 25.2. The van der Waals surface area contributed by atoms with Crippen LogP contribution in [-0.2, 0) is 14.9 Å². The van der Waals surface area contributed by atoms with E-state index in [1.165, 1.54) is 6.92 Å². The van der Waals surface area contributed by atoms with Gasteiger partial charge in [-0.15, -0.1) is 6.58 Å². The molecule has 1 aromatic carbocycles. The third kappa shape index (κ3) is 6.99. The molecule has 0 aromatic heterocycles. The number of nitrogens with one attached hydrogen (secondary N) is 3. The van der Waals surface area contributed by atoms with Gasteiger partial charge >= 0.3 is 6.18 Å². The maximum Gasteiger partial charge on any atom is 0.403 e. The molecule has 7 nitrogen and oxygen atoms in total. The average molecular weight is 580 g/mol. The van der Waals surface area contributed by atoms with Gasteiger partial charge in [0.2, 0.25) is 5.91 Å². The molecule has 2 saturated heterocycles. The Morgan fingerprint density at radius 2 is 2.02 bits per heavy atom. The third-order valence-electron chi connectivity index (χ3n) is 9.96. The summed E-state index contributed by atoms with van der Waals surface area (Å²) in [5.74, 6) is -0.537. The molecule has 1 amide bonds. The summed E-state index contributed by atoms with van der Waals surface area (Å²) < 4.78 is 47.2. The van der Waals surface area contributed by atoms with Crippen LogP contribution in [0.15, 0.2) is 36.9 Å². The average Bonchev–Trinajstić information content (AvgIpc) is 3.68. The van der Waals surface area contributed by atoms with E-state index in [0.29, 0.717) is 31.7 Å². The number of hydrogen-bond acceptors (Lipinski definition) is 6. The molecule has 2 aliphatic heterocycles. The molecule has 1 saturated carbocycles. The van der Waals surface area contributed by atoms with Crippen molar-refractivity contribution in [2.45, 2.75) is 89.6 Å². The van der Waals surface area contributed by atoms with Gasteiger partial charge in [-0.25, -0.2) is 10.9 Å². The van der Waals surface area contributed by atoms with Crippen LogP contribution in [0.1, 0.15) is 65.4 Å². The van der Waals surface area contributed by atoms with Crippen molar-refractivity contribution in [3.63, 3.8) is 0 Å². The Kier molecular flexibility index (Phi) is 9.91. The summed E-state index contributed by atoms with van der Waals surface area (Å²) in [5.41, 5.74) is 7.57. The number of nitrogens with zero attached hydrogens (tertiary/aromatic N) is 2. The topological polar surface area (TPSA) is 68.9 Å². The molecule has 5 atom stereocenters. The molecule has 0 spiro atoms. The number of alkyl halides is 3. The second-order valence-corrected chi connectivity index (χ2v) is 12.6. The van der Waals surface area contributed by atoms with E-state index in [2.05, 4.69) is 40.8 Å². The van der Waals surface area contributed by atoms with Crippen LogP contribution < -0.4 is 16.2 Å². The Morgan fingerprint density at radius 1 is 1.32 bits per heavy atom. The number of allylic oxidation sites excluding steroid dienone is 1. The van der Waals surface area contributed by atoms with Crippen LogP contribution in [0.3, 0.4) is 0 Å². The summed E-state index contributed by atoms with van der Waals surface area (Å²) in [7, 11) is 2.07. The zero-order chi connectivity index (χ0) is 30.0. The second kappa shape index (κ2) is 12.7. The van der Waals surface area contributed by atoms with E-state index in [-0.39, 0.29) is 36.0 Å². The van der Waals surface area contributed by atoms with Crippen molar-refractivity contribution in [2.24, 2.45) is 17.3 Å². The maximum atomic E-state index is 14.1. The van der Waals surface area contributed by atoms with Crippen LogP contribution in [0.5, 0.6) is 0 Å². The molecule has 0 radical (unpaired) electrons. The Labute approximate surface area is 243 Å². The highest BCUT2D eigenvalue weighted by atomic mass is 19.4. The largest absolute Gasteiger partial charge is 0.403 e. The van der Waals surface area contributed by atoms with Crippen molar-refractivity contribution in [1.82, 2.24) is 20.7 Å². The molecule has 2 heterocycles. The predicted molar refractivity (Wildman–Crippen MR) is 156 cm³/mol. The number of hydrazine groups is 1. The Bertz CT molecular complexity index is 1060. The van der Waals surface area contributed by atoms with Gasteiger partial charge in [0.25, 0.3) is 0 Å². The summed E-state index contributed by atoms with van der Waals surface area (Å²) in [6.45, 7) is 13.3. The number of rotatable bonds is 14. The summed E-state index contributed by atoms with van der Waals surface area (Å²) >= 11 is 0. The molecule has 230 valence electrons. The molecule has 3 N–H and O–H groups in total. The number of halogens is 3. The molecule has 3 aliphatic rings. The minimum Gasteiger partial charge on any atom is -0.379 e. The van der Waals surface area contributed by atoms with Crippen molar-refractivity contribution in [3.8, 4) is 0 Å². The quantitative estimate of drug-likeness (QED) is 0.261. The standard InChI is InChI=1S/C31H48F3N5O2/c1-7-29(5,8-2)25(16-26(22-13-14-22)39(9-3)21(4)31(32,33)34)28(40)36-24-12-10-11-23(15-24)30(18-41-19-30)17-27-37-35-20-38(27)6/h7,10-12,15,21-22,25-27,35,37H,1,8-9,13-14,16-20H2,2-6H3,(H,36,40). The SMILES string of the molecule is C=CC(C)(CC)C(CC(C1CC1)N(CC)C(C)C(F)(F)F)C(=O)Nc1cccc(C2(CC3NNCN3C)COC2)c1. The lowest BCUT2D eigenvalue weighted by Crippen LogP contribution is -2.52. The van der Waals surface area contributed by atoms with Gasteiger partial charge in [-0.05, 0) is 81.6 Å². The summed E-state index contributed by atoms with van der Waals surface area (Å²) in [5, 5.41) is 3.15. The number of benzene rings is 1. The van der Waals surface area contributed by atoms with Gasteiger partial charge in [-0.1, -0.05) is 39.0 Å². The monoisotopic (exact) mass is 579 g/mol. The van der Waals surface area contributed by atoms with Crippen LogP contribution in [0.2, 0.25) is 0 Å². The smallest absolute Gasteiger partial charge is 0.379 e. The van der Waals surface area contributed by atoms with Crippen LogP contribution in [0.25, 0.3) is 0 Å². The molecule has 1 aromatic rings. The lowest BCUT2D eigenvalue weighted by atomic mass is 9.71. The minimum atomic E-state index is -4.33. The highest BCUT2D eigenvalue weighted by Gasteiger charge is 2.48. The Balaban J connectivity index is 1.57. The number of hydrogen-bond donors (Lipinski definition) is 3. The van der Waals surface area contributed by atoms with Crippen molar-refractivity contribution in [1.29, 1.82) is 0 Å². The zero-order valence-corrected chi connectivity index (χ0v) is 25.2. The van der Waals surface area contributed by atoms with Gasteiger partial charge in [0, 0.05) is 23.1 Å². The van der Waals surface area contributed by atoms with Crippen LogP contribution in [0.4, 0.5) is 18.9 Å². The predicted octanol–water partition coefficient (Wildman–Crippen LogP) is 5.27. The van der Waals surface area contributed by atoms with Crippen molar-refractivity contribution in [2.75, 3.05) is 38.8 Å². The first-order chi connectivity index (χ1) is 19.4. The molecule has 3 fully saturated rings. The van der Waals surface area contributed by atoms with Crippen LogP contribution in [-0.4, -0.2) is 73.6 Å². The van der Waals surface area contributed by atoms with E-state index in [0.717, 1.165) is 31.5 Å². The maximum absolute atomic E-state index is 14.1. The van der Waals surface area contributed by atoms with Gasteiger partial charge in [0.15, 0.2) is 0 Å². The third-order valence-corrected chi connectivity index (χ3v) is 9.96. The fraction of sp³-hybridized carbons (Fsp3) is 0.710. The lowest BCUT2D eigenvalue weighted by molar-refractivity contribution is -0.186. The molecular formula is C31H48F3N5O2. The second-order valence-electron chi connectivity index (χ2n) is 12.6. The Morgan fingerprint density at radius 3 is 2.51 bits per heavy atom. The summed E-state index contributed by atoms with van der Waals surface area (Å²) in [4.78, 5) is 17.8. The van der Waals surface area contributed by atoms with Crippen LogP contribution >= 0.6 is 0 Å². The van der Waals surface area contributed by atoms with E-state index in [1.807, 2.05) is 32.0 Å². The molecule has 10 heteroatoms. The first-order valence-corrected chi connectivity index (χ1v) is 15.0. The molecule has 5 unspecified atom stereocenters. The minimum absolute atomic E-state index is 0.163. The van der Waals surface area contributed by atoms with Crippen LogP contribution in [0, 0.1) is 17.3 Å². The lowest BCUT2D eigenvalue weighted by Gasteiger charge is -2.44. The first kappa shape index (κ1) is 31.9. The number of carbonyl (C=O) groups is 1. The number of amides is 1. The summed E-state index contributed by atoms with van der Waals surface area (Å²) in [6.07, 6.45) is 1.30. The van der Waals surface area contributed by atoms with Gasteiger partial charge < -0.3 is 10.1 Å². The fourth-order valence-corrected chi connectivity index (χ4v) is 6.51. The van der Waals surface area contributed by atoms with Gasteiger partial charge in [0.1, 0.15) is 6.04 Å². The number of anilines is 1. The van der Waals surface area contributed by atoms with E-state index in [1.54, 1.807) is 17.9 Å². The van der Waals surface area contributed by atoms with Crippen molar-refractivity contribution < 1.29 is 22.7 Å². The molecular weight excluding hydrogens is 531 g/mol. The van der Waals surface area contributed by atoms with E-state index in [4.69, 9.17) is 4.74 Å². The molecule has 4 rings (SSSR count). The normalized spacial score (nSPS) is 24.8. The molecule has 41 heavy (non-hydrogen) atoms. The molecule has 0 bridgehead atoms. The van der Waals surface area contributed by atoms with Gasteiger partial charge in [-0.2, -0.15) is 13.2 Å².